The summed E-state index contributed by atoms with van der Waals surface area (Å²) in [7, 11) is 0. The molecule has 0 N–H and O–H groups in total. The van der Waals surface area contributed by atoms with Crippen molar-refractivity contribution in [2.45, 2.75) is 26.2 Å². The van der Waals surface area contributed by atoms with E-state index in [4.69, 9.17) is 15.0 Å². The Morgan fingerprint density at radius 3 is 2.12 bits per heavy atom. The maximum Gasteiger partial charge on any atom is 2.00 e. The second kappa shape index (κ2) is 11.7. The molecule has 0 unspecified atom stereocenters. The van der Waals surface area contributed by atoms with Gasteiger partial charge >= 0.3 is 21.1 Å². The zero-order chi connectivity index (χ0) is 33.6. The van der Waals surface area contributed by atoms with E-state index in [9.17, 15) is 0 Å². The minimum absolute atomic E-state index is 0. The Kier molecular flexibility index (Phi) is 7.20. The van der Waals surface area contributed by atoms with Crippen molar-refractivity contribution in [1.82, 2.24) is 24.1 Å². The van der Waals surface area contributed by atoms with E-state index in [0.29, 0.717) is 0 Å². The molecule has 4 aromatic heterocycles. The van der Waals surface area contributed by atoms with Gasteiger partial charge in [-0.05, 0) is 74.4 Å². The third kappa shape index (κ3) is 4.98. The molecule has 0 atom stereocenters. The maximum atomic E-state index is 4.97. The first-order valence-electron chi connectivity index (χ1n) is 16.9. The van der Waals surface area contributed by atoms with Crippen LogP contribution in [-0.4, -0.2) is 24.1 Å². The fraction of sp³-hybridized carbons (Fsp3) is 0.0889. The van der Waals surface area contributed by atoms with Crippen LogP contribution >= 0.6 is 0 Å². The van der Waals surface area contributed by atoms with Gasteiger partial charge in [0.15, 0.2) is 0 Å². The summed E-state index contributed by atoms with van der Waals surface area (Å²) in [4.78, 5) is 14.6. The minimum Gasteiger partial charge on any atom is -0.352 e. The number of hydrogen-bond acceptors (Lipinski definition) is 3. The van der Waals surface area contributed by atoms with Crippen LogP contribution < -0.4 is 0 Å². The van der Waals surface area contributed by atoms with Crippen LogP contribution in [0, 0.1) is 12.1 Å². The third-order valence-corrected chi connectivity index (χ3v) is 9.92. The molecule has 0 aliphatic rings. The van der Waals surface area contributed by atoms with Crippen LogP contribution in [0.4, 0.5) is 0 Å². The van der Waals surface area contributed by atoms with Crippen molar-refractivity contribution < 1.29 is 21.1 Å². The van der Waals surface area contributed by atoms with Crippen molar-refractivity contribution in [1.29, 1.82) is 0 Å². The summed E-state index contributed by atoms with van der Waals surface area (Å²) in [6.45, 7) is 6.72. The van der Waals surface area contributed by atoms with Crippen LogP contribution in [0.2, 0.25) is 0 Å². The van der Waals surface area contributed by atoms with E-state index < -0.39 is 0 Å². The molecule has 0 saturated carbocycles. The fourth-order valence-electron chi connectivity index (χ4n) is 7.37. The average molecular weight is 837 g/mol. The van der Waals surface area contributed by atoms with Crippen molar-refractivity contribution in [2.75, 3.05) is 0 Å². The Balaban J connectivity index is 0.00000348. The van der Waals surface area contributed by atoms with Gasteiger partial charge in [0.05, 0.1) is 11.0 Å². The molecule has 6 aromatic carbocycles. The topological polar surface area (TPSA) is 48.5 Å². The van der Waals surface area contributed by atoms with E-state index in [0.717, 1.165) is 66.6 Å². The minimum atomic E-state index is -0.0139. The van der Waals surface area contributed by atoms with Crippen LogP contribution in [0.15, 0.2) is 134 Å². The second-order valence-corrected chi connectivity index (χ2v) is 14.0. The molecule has 0 aliphatic carbocycles. The first-order chi connectivity index (χ1) is 24.4. The molecule has 0 fully saturated rings. The van der Waals surface area contributed by atoms with Crippen molar-refractivity contribution in [2.24, 2.45) is 0 Å². The van der Waals surface area contributed by atoms with Crippen LogP contribution in [-0.2, 0) is 26.5 Å². The van der Waals surface area contributed by atoms with Crippen LogP contribution in [0.25, 0.3) is 88.2 Å². The average Bonchev–Trinajstić information content (AvgIpc) is 3.64. The van der Waals surface area contributed by atoms with Crippen LogP contribution in [0.5, 0.6) is 0 Å². The summed E-state index contributed by atoms with van der Waals surface area (Å²) in [5.41, 5.74) is 9.72. The normalized spacial score (nSPS) is 12.1. The Hall–Kier alpha value is -5.64. The van der Waals surface area contributed by atoms with Crippen LogP contribution in [0.1, 0.15) is 26.3 Å². The van der Waals surface area contributed by atoms with Crippen molar-refractivity contribution in [3.8, 4) is 22.8 Å². The van der Waals surface area contributed by atoms with Gasteiger partial charge in [-0.15, -0.1) is 41.3 Å². The quantitative estimate of drug-likeness (QED) is 0.167. The first kappa shape index (κ1) is 31.3. The smallest absolute Gasteiger partial charge is 0.352 e. The number of nitrogens with zero attached hydrogens (tertiary/aromatic N) is 5. The molecule has 0 spiro atoms. The molecule has 0 amide bonds. The Morgan fingerprint density at radius 2 is 1.27 bits per heavy atom. The van der Waals surface area contributed by atoms with Gasteiger partial charge in [0.1, 0.15) is 5.82 Å². The molecule has 0 radical (unpaired) electrons. The van der Waals surface area contributed by atoms with E-state index in [2.05, 4.69) is 139 Å². The number of benzene rings is 6. The molecule has 10 rings (SSSR count). The Labute approximate surface area is 309 Å². The van der Waals surface area contributed by atoms with Crippen molar-refractivity contribution in [3.05, 3.63) is 151 Å². The molecule has 51 heavy (non-hydrogen) atoms. The largest absolute Gasteiger partial charge is 2.00 e. The van der Waals surface area contributed by atoms with Crippen molar-refractivity contribution in [3.63, 3.8) is 0 Å². The molecular weight excluding hydrogens is 806 g/mol. The van der Waals surface area contributed by atoms with Crippen LogP contribution in [0.3, 0.4) is 0 Å². The predicted molar refractivity (Wildman–Crippen MR) is 205 cm³/mol. The molecule has 0 bridgehead atoms. The Bertz CT molecular complexity index is 2980. The summed E-state index contributed by atoms with van der Waals surface area (Å²) in [6.07, 6.45) is 3.77. The molecule has 6 heteroatoms. The third-order valence-electron chi connectivity index (χ3n) is 9.92. The summed E-state index contributed by atoms with van der Waals surface area (Å²) >= 11 is 0. The Morgan fingerprint density at radius 1 is 0.569 bits per heavy atom. The SMILES string of the molecule is CC(C)(C)c1ccnc(-n2c3[c-]c(-n4c5[c-]c(-c6cnc7ccccc7n6)ccc5c5cc6ccccc6cc54)ccc3c3ccccc32)c1.[Pt+2]. The van der Waals surface area contributed by atoms with E-state index in [1.807, 2.05) is 36.7 Å². The van der Waals surface area contributed by atoms with Gasteiger partial charge in [-0.3, -0.25) is 9.97 Å². The van der Waals surface area contributed by atoms with Gasteiger partial charge in [0.25, 0.3) is 0 Å². The summed E-state index contributed by atoms with van der Waals surface area (Å²) < 4.78 is 4.56. The van der Waals surface area contributed by atoms with Gasteiger partial charge in [-0.25, -0.2) is 4.98 Å². The maximum absolute atomic E-state index is 4.97. The van der Waals surface area contributed by atoms with Gasteiger partial charge < -0.3 is 9.13 Å². The number of para-hydroxylation sites is 3. The van der Waals surface area contributed by atoms with Gasteiger partial charge in [0.2, 0.25) is 0 Å². The molecule has 246 valence electrons. The van der Waals surface area contributed by atoms with E-state index in [-0.39, 0.29) is 26.5 Å². The molecule has 0 aliphatic heterocycles. The molecule has 4 heterocycles. The van der Waals surface area contributed by atoms with Crippen molar-refractivity contribution >= 4 is 65.4 Å². The van der Waals surface area contributed by atoms with Gasteiger partial charge in [0, 0.05) is 29.1 Å². The number of hydrogen-bond donors (Lipinski definition) is 0. The summed E-state index contributed by atoms with van der Waals surface area (Å²) in [5.74, 6) is 0.883. The van der Waals surface area contributed by atoms with E-state index in [1.54, 1.807) is 0 Å². The van der Waals surface area contributed by atoms with E-state index >= 15 is 0 Å². The predicted octanol–water partition coefficient (Wildman–Crippen LogP) is 10.9. The van der Waals surface area contributed by atoms with E-state index in [1.165, 1.54) is 27.1 Å². The number of fused-ring (bicyclic) bond motifs is 8. The number of pyridine rings is 1. The number of aromatic nitrogens is 5. The summed E-state index contributed by atoms with van der Waals surface area (Å²) in [5, 5.41) is 6.98. The zero-order valence-electron chi connectivity index (χ0n) is 28.3. The monoisotopic (exact) mass is 836 g/mol. The van der Waals surface area contributed by atoms with Gasteiger partial charge in [-0.1, -0.05) is 98.0 Å². The molecule has 5 nitrogen and oxygen atoms in total. The molecular formula is C45H31N5Pt. The summed E-state index contributed by atoms with van der Waals surface area (Å²) in [6, 6.07) is 50.4. The fourth-order valence-corrected chi connectivity index (χ4v) is 7.37. The second-order valence-electron chi connectivity index (χ2n) is 14.0. The standard InChI is InChI=1S/C45H31N5.Pt/c1-45(2,3)31-20-21-46-44(25-31)50-40-15-9-6-12-33(40)34-19-17-32(26-43(34)50)49-41-24-30(39-27-47-37-13-7-8-14-38(37)48-39)16-18-35(41)36-22-28-10-4-5-11-29(28)23-42(36)49;/h4-23,25,27H,1-3H3;/q-2;+2. The first-order valence-corrected chi connectivity index (χ1v) is 16.9. The zero-order valence-corrected chi connectivity index (χ0v) is 30.5. The molecule has 0 saturated heterocycles. The number of rotatable bonds is 3. The van der Waals surface area contributed by atoms with Gasteiger partial charge in [-0.2, -0.15) is 6.07 Å². The molecule has 10 aromatic rings.